The number of nitrogens with one attached hydrogen (secondary N) is 1. The summed E-state index contributed by atoms with van der Waals surface area (Å²) in [5, 5.41) is 3.44. The maximum absolute atomic E-state index is 14.4. The molecule has 7 nitrogen and oxygen atoms in total. The van der Waals surface area contributed by atoms with E-state index in [4.69, 9.17) is 46.4 Å². The summed E-state index contributed by atoms with van der Waals surface area (Å²) in [6, 6.07) is 25.2. The van der Waals surface area contributed by atoms with Crippen LogP contribution in [-0.2, 0) is 32.6 Å². The number of rotatable bonds is 12. The van der Waals surface area contributed by atoms with E-state index in [0.29, 0.717) is 12.1 Å². The van der Waals surface area contributed by atoms with Crippen LogP contribution in [0.3, 0.4) is 0 Å². The largest absolute Gasteiger partial charge is 0.355 e. The zero-order chi connectivity index (χ0) is 31.9. The van der Waals surface area contributed by atoms with Crippen LogP contribution in [-0.4, -0.2) is 44.3 Å². The topological polar surface area (TPSA) is 86.8 Å². The molecule has 0 saturated heterocycles. The Kier molecular flexibility index (Phi) is 11.6. The van der Waals surface area contributed by atoms with Crippen molar-refractivity contribution in [3.63, 3.8) is 0 Å². The van der Waals surface area contributed by atoms with Gasteiger partial charge in [-0.25, -0.2) is 8.42 Å². The van der Waals surface area contributed by atoms with Crippen molar-refractivity contribution >= 4 is 73.9 Å². The first-order valence-corrected chi connectivity index (χ1v) is 16.6. The first-order chi connectivity index (χ1) is 21.0. The highest BCUT2D eigenvalue weighted by Gasteiger charge is 2.35. The Labute approximate surface area is 277 Å². The fraction of sp³-hybridized carbons (Fsp3) is 0.188. The molecule has 0 heterocycles. The van der Waals surface area contributed by atoms with Gasteiger partial charge in [0.1, 0.15) is 12.6 Å². The molecule has 1 atom stereocenters. The third-order valence-electron chi connectivity index (χ3n) is 6.82. The smallest absolute Gasteiger partial charge is 0.264 e. The average Bonchev–Trinajstić information content (AvgIpc) is 3.01. The SMILES string of the molecule is CCNC(=O)C(Cc1ccccc1)N(Cc1c(Cl)cccc1Cl)C(=O)CN(c1cccc(Cl)c1Cl)S(=O)(=O)c1ccccc1. The Bertz CT molecular complexity index is 1700. The Hall–Kier alpha value is -3.27. The van der Waals surface area contributed by atoms with E-state index in [0.717, 1.165) is 9.87 Å². The highest BCUT2D eigenvalue weighted by Crippen LogP contribution is 2.36. The molecule has 2 amide bonds. The normalized spacial score (nSPS) is 11.9. The van der Waals surface area contributed by atoms with Crippen LogP contribution in [0, 0.1) is 0 Å². The van der Waals surface area contributed by atoms with E-state index in [-0.39, 0.29) is 43.6 Å². The molecule has 44 heavy (non-hydrogen) atoms. The molecule has 4 rings (SSSR count). The molecule has 0 saturated carbocycles. The number of anilines is 1. The molecule has 0 aliphatic carbocycles. The van der Waals surface area contributed by atoms with E-state index >= 15 is 0 Å². The first kappa shape index (κ1) is 33.6. The Morgan fingerprint density at radius 1 is 0.773 bits per heavy atom. The number of carbonyl (C=O) groups excluding carboxylic acids is 2. The third-order valence-corrected chi connectivity index (χ3v) is 10.1. The highest BCUT2D eigenvalue weighted by molar-refractivity contribution is 7.92. The van der Waals surface area contributed by atoms with Crippen molar-refractivity contribution in [2.45, 2.75) is 30.8 Å². The maximum atomic E-state index is 14.4. The van der Waals surface area contributed by atoms with Crippen molar-refractivity contribution < 1.29 is 18.0 Å². The summed E-state index contributed by atoms with van der Waals surface area (Å²) in [5.41, 5.74) is 1.20. The minimum Gasteiger partial charge on any atom is -0.355 e. The molecule has 4 aromatic carbocycles. The summed E-state index contributed by atoms with van der Waals surface area (Å²) in [6.45, 7) is 1.20. The zero-order valence-electron chi connectivity index (χ0n) is 23.6. The molecule has 1 N–H and O–H groups in total. The molecule has 4 aromatic rings. The number of halogens is 4. The molecule has 0 fully saturated rings. The van der Waals surface area contributed by atoms with Crippen LogP contribution < -0.4 is 9.62 Å². The van der Waals surface area contributed by atoms with Crippen LogP contribution in [0.15, 0.2) is 102 Å². The summed E-state index contributed by atoms with van der Waals surface area (Å²) in [5.74, 6) is -1.12. The fourth-order valence-electron chi connectivity index (χ4n) is 4.62. The molecule has 230 valence electrons. The number of amides is 2. The second-order valence-electron chi connectivity index (χ2n) is 9.72. The molecule has 0 aliphatic rings. The van der Waals surface area contributed by atoms with Gasteiger partial charge in [-0.15, -0.1) is 0 Å². The summed E-state index contributed by atoms with van der Waals surface area (Å²) in [6.07, 6.45) is 0.143. The lowest BCUT2D eigenvalue weighted by Gasteiger charge is -2.34. The predicted octanol–water partition coefficient (Wildman–Crippen LogP) is 7.27. The van der Waals surface area contributed by atoms with Crippen molar-refractivity contribution in [3.8, 4) is 0 Å². The predicted molar refractivity (Wildman–Crippen MR) is 177 cm³/mol. The molecule has 0 aliphatic heterocycles. The second-order valence-corrected chi connectivity index (χ2v) is 13.2. The lowest BCUT2D eigenvalue weighted by molar-refractivity contribution is -0.140. The number of nitrogens with zero attached hydrogens (tertiary/aromatic N) is 2. The number of carbonyl (C=O) groups is 2. The standard InChI is InChI=1S/C32H29Cl4N3O4S/c1-2-37-32(41)29(19-22-11-5-3-6-12-22)38(20-24-25(33)15-9-16-26(24)34)30(40)21-39(28-18-10-17-27(35)31(28)36)44(42,43)23-13-7-4-8-14-23/h3-18,29H,2,19-21H2,1H3,(H,37,41). The number of hydrogen-bond acceptors (Lipinski definition) is 4. The molecular formula is C32H29Cl4N3O4S. The van der Waals surface area contributed by atoms with E-state index in [1.807, 2.05) is 30.3 Å². The second kappa shape index (κ2) is 15.1. The molecule has 1 unspecified atom stereocenters. The molecule has 0 aromatic heterocycles. The first-order valence-electron chi connectivity index (χ1n) is 13.6. The Morgan fingerprint density at radius 2 is 1.34 bits per heavy atom. The highest BCUT2D eigenvalue weighted by atomic mass is 35.5. The summed E-state index contributed by atoms with van der Waals surface area (Å²) >= 11 is 25.8. The van der Waals surface area contributed by atoms with Gasteiger partial charge >= 0.3 is 0 Å². The lowest BCUT2D eigenvalue weighted by Crippen LogP contribution is -2.53. The minimum absolute atomic E-state index is 0.00437. The Morgan fingerprint density at radius 3 is 1.95 bits per heavy atom. The Balaban J connectivity index is 1.85. The van der Waals surface area contributed by atoms with Gasteiger partial charge in [-0.05, 0) is 48.9 Å². The molecule has 0 spiro atoms. The van der Waals surface area contributed by atoms with Gasteiger partial charge in [0, 0.05) is 35.1 Å². The molecule has 0 radical (unpaired) electrons. The minimum atomic E-state index is -4.34. The van der Waals surface area contributed by atoms with Gasteiger partial charge in [0.15, 0.2) is 0 Å². The average molecular weight is 693 g/mol. The van der Waals surface area contributed by atoms with Gasteiger partial charge in [-0.2, -0.15) is 0 Å². The van der Waals surface area contributed by atoms with Crippen molar-refractivity contribution in [3.05, 3.63) is 128 Å². The third kappa shape index (κ3) is 7.86. The molecule has 12 heteroatoms. The van der Waals surface area contributed by atoms with Crippen LogP contribution in [0.1, 0.15) is 18.1 Å². The van der Waals surface area contributed by atoms with Gasteiger partial charge in [-0.1, -0.05) is 107 Å². The molecular weight excluding hydrogens is 664 g/mol. The lowest BCUT2D eigenvalue weighted by atomic mass is 10.0. The van der Waals surface area contributed by atoms with Gasteiger partial charge in [0.25, 0.3) is 10.0 Å². The van der Waals surface area contributed by atoms with Crippen LogP contribution in [0.2, 0.25) is 20.1 Å². The van der Waals surface area contributed by atoms with E-state index in [1.165, 1.54) is 35.2 Å². The van der Waals surface area contributed by atoms with Crippen LogP contribution in [0.4, 0.5) is 5.69 Å². The van der Waals surface area contributed by atoms with Crippen LogP contribution in [0.25, 0.3) is 0 Å². The van der Waals surface area contributed by atoms with E-state index in [1.54, 1.807) is 43.3 Å². The van der Waals surface area contributed by atoms with E-state index < -0.39 is 34.4 Å². The number of likely N-dealkylation sites (N-methyl/N-ethyl adjacent to an activating group) is 1. The fourth-order valence-corrected chi connectivity index (χ4v) is 7.03. The number of benzene rings is 4. The van der Waals surface area contributed by atoms with Gasteiger partial charge < -0.3 is 10.2 Å². The monoisotopic (exact) mass is 691 g/mol. The maximum Gasteiger partial charge on any atom is 0.264 e. The van der Waals surface area contributed by atoms with Crippen molar-refractivity contribution in [1.29, 1.82) is 0 Å². The van der Waals surface area contributed by atoms with Crippen molar-refractivity contribution in [2.75, 3.05) is 17.4 Å². The zero-order valence-corrected chi connectivity index (χ0v) is 27.4. The summed E-state index contributed by atoms with van der Waals surface area (Å²) in [4.78, 5) is 29.3. The van der Waals surface area contributed by atoms with Gasteiger partial charge in [0.05, 0.1) is 20.6 Å². The molecule has 0 bridgehead atoms. The van der Waals surface area contributed by atoms with E-state index in [9.17, 15) is 18.0 Å². The summed E-state index contributed by atoms with van der Waals surface area (Å²) < 4.78 is 29.0. The number of hydrogen-bond donors (Lipinski definition) is 1. The van der Waals surface area contributed by atoms with Crippen LogP contribution in [0.5, 0.6) is 0 Å². The van der Waals surface area contributed by atoms with E-state index in [2.05, 4.69) is 5.32 Å². The van der Waals surface area contributed by atoms with Gasteiger partial charge in [0.2, 0.25) is 11.8 Å². The van der Waals surface area contributed by atoms with Crippen molar-refractivity contribution in [1.82, 2.24) is 10.2 Å². The number of sulfonamides is 1. The van der Waals surface area contributed by atoms with Gasteiger partial charge in [-0.3, -0.25) is 13.9 Å². The van der Waals surface area contributed by atoms with Crippen LogP contribution >= 0.6 is 46.4 Å². The quantitative estimate of drug-likeness (QED) is 0.169. The van der Waals surface area contributed by atoms with Crippen molar-refractivity contribution in [2.24, 2.45) is 0 Å². The summed E-state index contributed by atoms with van der Waals surface area (Å²) in [7, 11) is -4.34.